The highest BCUT2D eigenvalue weighted by Crippen LogP contribution is 2.12. The van der Waals surface area contributed by atoms with Gasteiger partial charge < -0.3 is 0 Å². The number of nitrogens with zero attached hydrogens (tertiary/aromatic N) is 1. The van der Waals surface area contributed by atoms with Crippen LogP contribution in [0.15, 0.2) is 52.1 Å². The average molecular weight is 355 g/mol. The van der Waals surface area contributed by atoms with Crippen molar-refractivity contribution in [2.45, 2.75) is 11.8 Å². The molecule has 0 aliphatic rings. The van der Waals surface area contributed by atoms with E-state index in [9.17, 15) is 13.2 Å². The van der Waals surface area contributed by atoms with Crippen molar-refractivity contribution in [2.24, 2.45) is 0 Å². The summed E-state index contributed by atoms with van der Waals surface area (Å²) in [6.45, 7) is 1.85. The lowest BCUT2D eigenvalue weighted by Gasteiger charge is -2.07. The van der Waals surface area contributed by atoms with Crippen molar-refractivity contribution in [3.05, 3.63) is 58.3 Å². The van der Waals surface area contributed by atoms with E-state index in [1.54, 1.807) is 12.1 Å². The van der Waals surface area contributed by atoms with Crippen LogP contribution in [0.5, 0.6) is 0 Å². The largest absolute Gasteiger partial charge is 0.268 e. The SMILES string of the molecule is Cc1ccc(S(=O)(=O)NC(=O)c2cncc(Br)c2)cc1. The van der Waals surface area contributed by atoms with Crippen molar-refractivity contribution in [2.75, 3.05) is 0 Å². The molecule has 0 saturated heterocycles. The summed E-state index contributed by atoms with van der Waals surface area (Å²) in [5.74, 6) is -0.723. The Kier molecular flexibility index (Phi) is 4.20. The number of halogens is 1. The molecule has 7 heteroatoms. The summed E-state index contributed by atoms with van der Waals surface area (Å²) in [4.78, 5) is 15.8. The molecule has 0 bridgehead atoms. The van der Waals surface area contributed by atoms with Gasteiger partial charge in [0.05, 0.1) is 10.5 Å². The van der Waals surface area contributed by atoms with Gasteiger partial charge in [-0.15, -0.1) is 0 Å². The molecule has 0 spiro atoms. The van der Waals surface area contributed by atoms with Crippen molar-refractivity contribution in [3.8, 4) is 0 Å². The number of aromatic nitrogens is 1. The quantitative estimate of drug-likeness (QED) is 0.917. The number of pyridine rings is 1. The van der Waals surface area contributed by atoms with Gasteiger partial charge in [0.25, 0.3) is 15.9 Å². The lowest BCUT2D eigenvalue weighted by atomic mass is 10.2. The minimum absolute atomic E-state index is 0.0411. The first-order chi connectivity index (χ1) is 9.38. The normalized spacial score (nSPS) is 11.1. The van der Waals surface area contributed by atoms with Crippen LogP contribution in [0.4, 0.5) is 0 Å². The molecule has 1 aromatic heterocycles. The molecule has 0 radical (unpaired) electrons. The number of rotatable bonds is 3. The Labute approximate surface area is 125 Å². The first-order valence-electron chi connectivity index (χ1n) is 5.63. The number of hydrogen-bond acceptors (Lipinski definition) is 4. The molecule has 0 unspecified atom stereocenters. The van der Waals surface area contributed by atoms with Crippen LogP contribution in [-0.4, -0.2) is 19.3 Å². The smallest absolute Gasteiger partial charge is 0.266 e. The second-order valence-electron chi connectivity index (χ2n) is 4.14. The van der Waals surface area contributed by atoms with E-state index in [0.717, 1.165) is 5.56 Å². The van der Waals surface area contributed by atoms with E-state index in [4.69, 9.17) is 0 Å². The number of carbonyl (C=O) groups is 1. The van der Waals surface area contributed by atoms with E-state index >= 15 is 0 Å². The van der Waals surface area contributed by atoms with Crippen LogP contribution in [0.2, 0.25) is 0 Å². The molecule has 104 valence electrons. The Bertz CT molecular complexity index is 742. The summed E-state index contributed by atoms with van der Waals surface area (Å²) < 4.78 is 26.7. The van der Waals surface area contributed by atoms with Crippen molar-refractivity contribution in [3.63, 3.8) is 0 Å². The minimum Gasteiger partial charge on any atom is -0.268 e. The molecule has 2 rings (SSSR count). The molecule has 0 aliphatic carbocycles. The number of hydrogen-bond donors (Lipinski definition) is 1. The van der Waals surface area contributed by atoms with Crippen LogP contribution in [0.3, 0.4) is 0 Å². The molecule has 1 amide bonds. The number of nitrogens with one attached hydrogen (secondary N) is 1. The van der Waals surface area contributed by atoms with Gasteiger partial charge in [0, 0.05) is 16.9 Å². The fourth-order valence-corrected chi connectivity index (χ4v) is 2.83. The number of amides is 1. The molecular weight excluding hydrogens is 344 g/mol. The molecule has 1 heterocycles. The molecule has 1 N–H and O–H groups in total. The first-order valence-corrected chi connectivity index (χ1v) is 7.90. The lowest BCUT2D eigenvalue weighted by Crippen LogP contribution is -2.30. The Morgan fingerprint density at radius 1 is 1.20 bits per heavy atom. The van der Waals surface area contributed by atoms with E-state index in [1.165, 1.54) is 30.6 Å². The molecule has 0 fully saturated rings. The van der Waals surface area contributed by atoms with Crippen LogP contribution in [0.1, 0.15) is 15.9 Å². The summed E-state index contributed by atoms with van der Waals surface area (Å²) in [6.07, 6.45) is 2.80. The van der Waals surface area contributed by atoms with Gasteiger partial charge in [0.2, 0.25) is 0 Å². The van der Waals surface area contributed by atoms with Gasteiger partial charge >= 0.3 is 0 Å². The van der Waals surface area contributed by atoms with Crippen molar-refractivity contribution in [1.82, 2.24) is 9.71 Å². The highest BCUT2D eigenvalue weighted by molar-refractivity contribution is 9.10. The van der Waals surface area contributed by atoms with E-state index in [1.807, 2.05) is 11.6 Å². The third-order valence-electron chi connectivity index (χ3n) is 2.53. The number of carbonyl (C=O) groups excluding carboxylic acids is 1. The van der Waals surface area contributed by atoms with Crippen molar-refractivity contribution < 1.29 is 13.2 Å². The molecule has 0 atom stereocenters. The van der Waals surface area contributed by atoms with Gasteiger partial charge in [-0.2, -0.15) is 0 Å². The van der Waals surface area contributed by atoms with Crippen molar-refractivity contribution in [1.29, 1.82) is 0 Å². The predicted molar refractivity (Wildman–Crippen MR) is 77.8 cm³/mol. The maximum atomic E-state index is 12.0. The Balaban J connectivity index is 2.24. The summed E-state index contributed by atoms with van der Waals surface area (Å²) in [7, 11) is -3.88. The van der Waals surface area contributed by atoms with Crippen molar-refractivity contribution >= 4 is 31.9 Å². The van der Waals surface area contributed by atoms with Crippen LogP contribution < -0.4 is 4.72 Å². The van der Waals surface area contributed by atoms with Crippen LogP contribution >= 0.6 is 15.9 Å². The van der Waals surface area contributed by atoms with Crippen LogP contribution in [0.25, 0.3) is 0 Å². The van der Waals surface area contributed by atoms with Gasteiger partial charge in [-0.3, -0.25) is 9.78 Å². The van der Waals surface area contributed by atoms with Crippen LogP contribution in [0, 0.1) is 6.92 Å². The zero-order valence-electron chi connectivity index (χ0n) is 10.5. The number of aryl methyl sites for hydroxylation is 1. The third-order valence-corrected chi connectivity index (χ3v) is 4.31. The maximum absolute atomic E-state index is 12.0. The Hall–Kier alpha value is -1.73. The van der Waals surface area contributed by atoms with E-state index in [0.29, 0.717) is 4.47 Å². The second-order valence-corrected chi connectivity index (χ2v) is 6.74. The molecule has 0 aliphatic heterocycles. The summed E-state index contributed by atoms with van der Waals surface area (Å²) in [6, 6.07) is 7.72. The monoisotopic (exact) mass is 354 g/mol. The Morgan fingerprint density at radius 2 is 1.85 bits per heavy atom. The van der Waals surface area contributed by atoms with E-state index in [-0.39, 0.29) is 10.5 Å². The second kappa shape index (κ2) is 5.72. The fourth-order valence-electron chi connectivity index (χ4n) is 1.49. The number of sulfonamides is 1. The van der Waals surface area contributed by atoms with E-state index < -0.39 is 15.9 Å². The minimum atomic E-state index is -3.88. The maximum Gasteiger partial charge on any atom is 0.266 e. The number of benzene rings is 1. The molecule has 5 nitrogen and oxygen atoms in total. The summed E-state index contributed by atoms with van der Waals surface area (Å²) >= 11 is 3.17. The van der Waals surface area contributed by atoms with Crippen LogP contribution in [-0.2, 0) is 10.0 Å². The average Bonchev–Trinajstić information content (AvgIpc) is 2.38. The zero-order chi connectivity index (χ0) is 14.8. The molecule has 20 heavy (non-hydrogen) atoms. The first kappa shape index (κ1) is 14.7. The van der Waals surface area contributed by atoms with Gasteiger partial charge in [-0.05, 0) is 41.1 Å². The van der Waals surface area contributed by atoms with Gasteiger partial charge in [-0.25, -0.2) is 13.1 Å². The van der Waals surface area contributed by atoms with Gasteiger partial charge in [-0.1, -0.05) is 17.7 Å². The zero-order valence-corrected chi connectivity index (χ0v) is 12.9. The molecule has 1 aromatic carbocycles. The fraction of sp³-hybridized carbons (Fsp3) is 0.0769. The predicted octanol–water partition coefficient (Wildman–Crippen LogP) is 2.27. The highest BCUT2D eigenvalue weighted by Gasteiger charge is 2.18. The summed E-state index contributed by atoms with van der Waals surface area (Å²) in [5, 5.41) is 0. The molecular formula is C13H11BrN2O3S. The molecule has 0 saturated carbocycles. The summed E-state index contributed by atoms with van der Waals surface area (Å²) in [5.41, 5.74) is 1.10. The molecule has 2 aromatic rings. The Morgan fingerprint density at radius 3 is 2.45 bits per heavy atom. The van der Waals surface area contributed by atoms with Gasteiger partial charge in [0.1, 0.15) is 0 Å². The highest BCUT2D eigenvalue weighted by atomic mass is 79.9. The topological polar surface area (TPSA) is 76.1 Å². The lowest BCUT2D eigenvalue weighted by molar-refractivity contribution is 0.0981. The third kappa shape index (κ3) is 3.43. The standard InChI is InChI=1S/C13H11BrN2O3S/c1-9-2-4-12(5-3-9)20(18,19)16-13(17)10-6-11(14)8-15-7-10/h2-8H,1H3,(H,16,17). The van der Waals surface area contributed by atoms with E-state index in [2.05, 4.69) is 20.9 Å². The van der Waals surface area contributed by atoms with Gasteiger partial charge in [0.15, 0.2) is 0 Å².